The Labute approximate surface area is 228 Å². The number of imidazole rings is 1. The minimum Gasteiger partial charge on any atom is -0.453 e. The second-order valence-corrected chi connectivity index (χ2v) is 10.2. The highest BCUT2D eigenvalue weighted by molar-refractivity contribution is 6.32. The molecule has 1 unspecified atom stereocenters. The van der Waals surface area contributed by atoms with Gasteiger partial charge in [0.1, 0.15) is 28.1 Å². The summed E-state index contributed by atoms with van der Waals surface area (Å²) in [5, 5.41) is 8.26. The Morgan fingerprint density at radius 3 is 2.62 bits per heavy atom. The Kier molecular flexibility index (Phi) is 8.05. The average molecular weight is 559 g/mol. The zero-order chi connectivity index (χ0) is 28.3. The predicted octanol–water partition coefficient (Wildman–Crippen LogP) is 5.14. The number of carbonyl (C=O) groups excluding carboxylic acids is 3. The van der Waals surface area contributed by atoms with Crippen LogP contribution in [0.25, 0.3) is 11.3 Å². The van der Waals surface area contributed by atoms with E-state index in [1.807, 2.05) is 0 Å². The number of carbonyl (C=O) groups is 3. The summed E-state index contributed by atoms with van der Waals surface area (Å²) >= 11 is 6.56. The minimum atomic E-state index is -0.766. The SMILES string of the molecule is COC(=O)Nc1ccc2c(c1)NC(=O)CCc1nc(ccc1F)CC(NC(=O)OC(C)(C)C)c1nc-2c(Cl)[nH]1. The highest BCUT2D eigenvalue weighted by Crippen LogP contribution is 2.35. The predicted molar refractivity (Wildman–Crippen MR) is 142 cm³/mol. The fraction of sp³-hybridized carbons (Fsp3) is 0.346. The number of hydrogen-bond acceptors (Lipinski definition) is 7. The van der Waals surface area contributed by atoms with E-state index in [1.165, 1.54) is 25.3 Å². The molecule has 1 aliphatic heterocycles. The molecular weight excluding hydrogens is 531 g/mol. The molecule has 4 N–H and O–H groups in total. The number of alkyl carbamates (subject to hydrolysis) is 1. The molecule has 0 spiro atoms. The van der Waals surface area contributed by atoms with Crippen LogP contribution < -0.4 is 16.0 Å². The van der Waals surface area contributed by atoms with Gasteiger partial charge in [-0.05, 0) is 51.1 Å². The smallest absolute Gasteiger partial charge is 0.411 e. The van der Waals surface area contributed by atoms with Crippen LogP contribution in [-0.4, -0.2) is 45.8 Å². The van der Waals surface area contributed by atoms with Gasteiger partial charge in [0.25, 0.3) is 0 Å². The van der Waals surface area contributed by atoms with Crippen molar-refractivity contribution in [1.82, 2.24) is 20.3 Å². The molecule has 3 heterocycles. The standard InChI is InChI=1S/C26H28ClFN6O5/c1-26(2,3)39-25(37)32-19-12-13-6-8-16(28)17(29-13)9-10-20(35)31-18-11-14(30-24(36)38-4)5-7-15(18)21-22(27)34-23(19)33-21/h5-8,11,19H,9-10,12H2,1-4H3,(H,30,36)(H,31,35)(H,32,37)(H,33,34). The maximum atomic E-state index is 14.6. The molecular formula is C26H28ClFN6O5. The van der Waals surface area contributed by atoms with Gasteiger partial charge in [0.2, 0.25) is 5.91 Å². The van der Waals surface area contributed by atoms with Crippen molar-refractivity contribution in [3.63, 3.8) is 0 Å². The van der Waals surface area contributed by atoms with Crippen LogP contribution in [0.1, 0.15) is 50.4 Å². The number of ether oxygens (including phenoxy) is 2. The molecule has 4 rings (SSSR count). The van der Waals surface area contributed by atoms with Crippen molar-refractivity contribution >= 4 is 41.1 Å². The summed E-state index contributed by atoms with van der Waals surface area (Å²) in [5.41, 5.74) is 1.22. The zero-order valence-electron chi connectivity index (χ0n) is 21.8. The number of aryl methyl sites for hydroxylation is 1. The number of methoxy groups -OCH3 is 1. The van der Waals surface area contributed by atoms with Crippen LogP contribution in [0, 0.1) is 5.82 Å². The van der Waals surface area contributed by atoms with Gasteiger partial charge in [-0.2, -0.15) is 0 Å². The highest BCUT2D eigenvalue weighted by Gasteiger charge is 2.26. The monoisotopic (exact) mass is 558 g/mol. The Bertz CT molecular complexity index is 1420. The molecule has 1 aromatic carbocycles. The number of pyridine rings is 1. The van der Waals surface area contributed by atoms with E-state index in [0.717, 1.165) is 0 Å². The first kappa shape index (κ1) is 27.8. The van der Waals surface area contributed by atoms with Crippen LogP contribution in [0.4, 0.5) is 25.4 Å². The van der Waals surface area contributed by atoms with Gasteiger partial charge >= 0.3 is 12.2 Å². The van der Waals surface area contributed by atoms with E-state index >= 15 is 0 Å². The first-order chi connectivity index (χ1) is 18.4. The Hall–Kier alpha value is -4.19. The number of aromatic nitrogens is 3. The lowest BCUT2D eigenvalue weighted by Crippen LogP contribution is -2.36. The van der Waals surface area contributed by atoms with Crippen molar-refractivity contribution in [2.45, 2.75) is 51.7 Å². The number of benzene rings is 1. The number of anilines is 2. The van der Waals surface area contributed by atoms with Gasteiger partial charge in [0.15, 0.2) is 0 Å². The summed E-state index contributed by atoms with van der Waals surface area (Å²) in [4.78, 5) is 49.3. The van der Waals surface area contributed by atoms with Crippen LogP contribution in [0.15, 0.2) is 30.3 Å². The van der Waals surface area contributed by atoms with Gasteiger partial charge in [-0.1, -0.05) is 11.6 Å². The normalized spacial score (nSPS) is 15.3. The lowest BCUT2D eigenvalue weighted by Gasteiger charge is -2.23. The Morgan fingerprint density at radius 2 is 1.90 bits per heavy atom. The number of amides is 3. The number of rotatable bonds is 2. The molecule has 3 aromatic rings. The molecule has 11 nitrogen and oxygen atoms in total. The molecule has 1 atom stereocenters. The summed E-state index contributed by atoms with van der Waals surface area (Å²) in [7, 11) is 1.23. The molecule has 4 bridgehead atoms. The number of aromatic amines is 1. The van der Waals surface area contributed by atoms with Crippen molar-refractivity contribution in [1.29, 1.82) is 0 Å². The second kappa shape index (κ2) is 11.3. The summed E-state index contributed by atoms with van der Waals surface area (Å²) in [6.07, 6.45) is -1.28. The lowest BCUT2D eigenvalue weighted by atomic mass is 10.1. The third kappa shape index (κ3) is 7.02. The van der Waals surface area contributed by atoms with Crippen molar-refractivity contribution in [3.8, 4) is 11.3 Å². The van der Waals surface area contributed by atoms with Crippen molar-refractivity contribution in [2.24, 2.45) is 0 Å². The molecule has 2 aromatic heterocycles. The van der Waals surface area contributed by atoms with Crippen LogP contribution in [0.3, 0.4) is 0 Å². The van der Waals surface area contributed by atoms with Crippen molar-refractivity contribution in [3.05, 3.63) is 58.5 Å². The van der Waals surface area contributed by atoms with Gasteiger partial charge < -0.3 is 25.1 Å². The van der Waals surface area contributed by atoms with E-state index in [4.69, 9.17) is 16.3 Å². The summed E-state index contributed by atoms with van der Waals surface area (Å²) in [5.74, 6) is -0.672. The number of nitrogens with zero attached hydrogens (tertiary/aromatic N) is 2. The minimum absolute atomic E-state index is 0.0355. The Balaban J connectivity index is 1.81. The maximum Gasteiger partial charge on any atom is 0.411 e. The third-order valence-electron chi connectivity index (χ3n) is 5.66. The van der Waals surface area contributed by atoms with E-state index < -0.39 is 35.6 Å². The van der Waals surface area contributed by atoms with E-state index in [2.05, 4.69) is 35.6 Å². The van der Waals surface area contributed by atoms with Crippen LogP contribution in [0.5, 0.6) is 0 Å². The van der Waals surface area contributed by atoms with Crippen molar-refractivity contribution in [2.75, 3.05) is 17.7 Å². The molecule has 1 aliphatic rings. The molecule has 0 fully saturated rings. The van der Waals surface area contributed by atoms with E-state index in [0.29, 0.717) is 34.2 Å². The number of halogens is 2. The van der Waals surface area contributed by atoms with Gasteiger partial charge in [-0.15, -0.1) is 0 Å². The molecule has 0 saturated carbocycles. The van der Waals surface area contributed by atoms with E-state index in [1.54, 1.807) is 32.9 Å². The fourth-order valence-electron chi connectivity index (χ4n) is 3.95. The summed E-state index contributed by atoms with van der Waals surface area (Å²) in [6, 6.07) is 6.75. The third-order valence-corrected chi connectivity index (χ3v) is 5.93. The average Bonchev–Trinajstić information content (AvgIpc) is 3.23. The first-order valence-corrected chi connectivity index (χ1v) is 12.5. The van der Waals surface area contributed by atoms with E-state index in [9.17, 15) is 18.8 Å². The molecule has 0 radical (unpaired) electrons. The van der Waals surface area contributed by atoms with Gasteiger partial charge in [-0.25, -0.2) is 19.0 Å². The van der Waals surface area contributed by atoms with Crippen LogP contribution >= 0.6 is 11.6 Å². The van der Waals surface area contributed by atoms with Gasteiger partial charge in [-0.3, -0.25) is 15.1 Å². The highest BCUT2D eigenvalue weighted by atomic mass is 35.5. The van der Waals surface area contributed by atoms with Crippen LogP contribution in [-0.2, 0) is 27.1 Å². The number of hydrogen-bond donors (Lipinski definition) is 4. The fourth-order valence-corrected chi connectivity index (χ4v) is 4.19. The molecule has 13 heteroatoms. The molecule has 0 saturated heterocycles. The van der Waals surface area contributed by atoms with Gasteiger partial charge in [0.05, 0.1) is 24.5 Å². The topological polar surface area (TPSA) is 147 Å². The molecule has 0 aliphatic carbocycles. The quantitative estimate of drug-likeness (QED) is 0.340. The van der Waals surface area contributed by atoms with Crippen LogP contribution in [0.2, 0.25) is 5.15 Å². The zero-order valence-corrected chi connectivity index (χ0v) is 22.5. The number of H-pyrrole nitrogens is 1. The number of fused-ring (bicyclic) bond motifs is 6. The van der Waals surface area contributed by atoms with E-state index in [-0.39, 0.29) is 30.1 Å². The Morgan fingerprint density at radius 1 is 1.13 bits per heavy atom. The first-order valence-electron chi connectivity index (χ1n) is 12.1. The summed E-state index contributed by atoms with van der Waals surface area (Å²) in [6.45, 7) is 5.22. The van der Waals surface area contributed by atoms with Crippen molar-refractivity contribution < 1.29 is 28.2 Å². The molecule has 3 amide bonds. The number of nitrogens with one attached hydrogen (secondary N) is 4. The lowest BCUT2D eigenvalue weighted by molar-refractivity contribution is -0.116. The molecule has 39 heavy (non-hydrogen) atoms. The molecule has 206 valence electrons. The largest absolute Gasteiger partial charge is 0.453 e. The maximum absolute atomic E-state index is 14.6. The second-order valence-electron chi connectivity index (χ2n) is 9.84. The summed E-state index contributed by atoms with van der Waals surface area (Å²) < 4.78 is 24.6. The van der Waals surface area contributed by atoms with Gasteiger partial charge in [0, 0.05) is 36.2 Å².